The second-order valence-electron chi connectivity index (χ2n) is 6.39. The summed E-state index contributed by atoms with van der Waals surface area (Å²) in [5.74, 6) is 0.724. The molecule has 0 spiro atoms. The van der Waals surface area contributed by atoms with Crippen molar-refractivity contribution in [2.24, 2.45) is 5.92 Å². The molecule has 2 heteroatoms. The number of rotatable bonds is 6. The van der Waals surface area contributed by atoms with Crippen molar-refractivity contribution >= 4 is 0 Å². The highest BCUT2D eigenvalue weighted by Crippen LogP contribution is 2.25. The maximum Gasteiger partial charge on any atom is 0.0603 e. The lowest BCUT2D eigenvalue weighted by molar-refractivity contribution is 0.0485. The van der Waals surface area contributed by atoms with Crippen LogP contribution in [0.4, 0.5) is 0 Å². The second-order valence-corrected chi connectivity index (χ2v) is 6.39. The molecule has 1 N–H and O–H groups in total. The van der Waals surface area contributed by atoms with Gasteiger partial charge in [0.05, 0.1) is 5.60 Å². The normalized spacial score (nSPS) is 18.9. The fourth-order valence-electron chi connectivity index (χ4n) is 2.58. The molecule has 1 fully saturated rings. The van der Waals surface area contributed by atoms with E-state index in [2.05, 4.69) is 18.7 Å². The van der Waals surface area contributed by atoms with Gasteiger partial charge >= 0.3 is 0 Å². The highest BCUT2D eigenvalue weighted by molar-refractivity contribution is 4.80. The Balaban J connectivity index is 2.43. The van der Waals surface area contributed by atoms with Gasteiger partial charge in [-0.25, -0.2) is 0 Å². The number of hydrogen-bond donors (Lipinski definition) is 1. The summed E-state index contributed by atoms with van der Waals surface area (Å²) in [5.41, 5.74) is -0.520. The Bertz CT molecular complexity index is 189. The van der Waals surface area contributed by atoms with Crippen molar-refractivity contribution in [2.45, 2.75) is 71.4 Å². The predicted octanol–water partition coefficient (Wildman–Crippen LogP) is 3.05. The van der Waals surface area contributed by atoms with Crippen molar-refractivity contribution in [3.05, 3.63) is 0 Å². The monoisotopic (exact) mass is 227 g/mol. The Hall–Kier alpha value is -0.0800. The van der Waals surface area contributed by atoms with E-state index in [0.29, 0.717) is 0 Å². The summed E-state index contributed by atoms with van der Waals surface area (Å²) in [7, 11) is 0. The first-order chi connectivity index (χ1) is 7.38. The summed E-state index contributed by atoms with van der Waals surface area (Å²) in [6.45, 7) is 10.6. The van der Waals surface area contributed by atoms with Crippen molar-refractivity contribution in [2.75, 3.05) is 13.1 Å². The molecule has 0 unspecified atom stereocenters. The van der Waals surface area contributed by atoms with Crippen LogP contribution < -0.4 is 0 Å². The lowest BCUT2D eigenvalue weighted by atomic mass is 10.0. The molecule has 0 aromatic heterocycles. The van der Waals surface area contributed by atoms with Crippen LogP contribution in [0.5, 0.6) is 0 Å². The minimum Gasteiger partial charge on any atom is -0.390 e. The van der Waals surface area contributed by atoms with E-state index >= 15 is 0 Å². The SMILES string of the molecule is CC(C)CN(CCC(C)(C)O)C1CCCC1. The molecule has 1 rings (SSSR count). The van der Waals surface area contributed by atoms with Gasteiger partial charge < -0.3 is 10.0 Å². The van der Waals surface area contributed by atoms with Crippen LogP contribution in [0.1, 0.15) is 59.8 Å². The third-order valence-corrected chi connectivity index (χ3v) is 3.45. The van der Waals surface area contributed by atoms with E-state index in [1.807, 2.05) is 13.8 Å². The maximum absolute atomic E-state index is 9.82. The van der Waals surface area contributed by atoms with Crippen LogP contribution in [0.15, 0.2) is 0 Å². The molecule has 0 atom stereocenters. The molecule has 96 valence electrons. The summed E-state index contributed by atoms with van der Waals surface area (Å²) in [6, 6.07) is 0.782. The molecule has 0 bridgehead atoms. The highest BCUT2D eigenvalue weighted by Gasteiger charge is 2.24. The average molecular weight is 227 g/mol. The largest absolute Gasteiger partial charge is 0.390 e. The summed E-state index contributed by atoms with van der Waals surface area (Å²) in [6.07, 6.45) is 6.39. The van der Waals surface area contributed by atoms with Crippen LogP contribution >= 0.6 is 0 Å². The molecule has 0 saturated heterocycles. The molecule has 1 aliphatic rings. The Morgan fingerprint density at radius 3 is 2.25 bits per heavy atom. The first kappa shape index (κ1) is 14.0. The Morgan fingerprint density at radius 1 is 1.25 bits per heavy atom. The smallest absolute Gasteiger partial charge is 0.0603 e. The van der Waals surface area contributed by atoms with E-state index < -0.39 is 5.60 Å². The van der Waals surface area contributed by atoms with E-state index in [1.165, 1.54) is 32.2 Å². The lowest BCUT2D eigenvalue weighted by Gasteiger charge is -2.32. The van der Waals surface area contributed by atoms with Crippen molar-refractivity contribution in [3.63, 3.8) is 0 Å². The van der Waals surface area contributed by atoms with Crippen molar-refractivity contribution in [1.82, 2.24) is 4.90 Å². The van der Waals surface area contributed by atoms with Gasteiger partial charge in [-0.3, -0.25) is 0 Å². The molecule has 0 heterocycles. The van der Waals surface area contributed by atoms with Crippen molar-refractivity contribution in [1.29, 1.82) is 0 Å². The summed E-state index contributed by atoms with van der Waals surface area (Å²) >= 11 is 0. The molecule has 0 amide bonds. The van der Waals surface area contributed by atoms with Crippen molar-refractivity contribution < 1.29 is 5.11 Å². The van der Waals surface area contributed by atoms with Gasteiger partial charge in [-0.1, -0.05) is 26.7 Å². The summed E-state index contributed by atoms with van der Waals surface area (Å²) in [4.78, 5) is 2.61. The predicted molar refractivity (Wildman–Crippen MR) is 69.6 cm³/mol. The Kier molecular flexibility index (Phi) is 5.26. The minimum absolute atomic E-state index is 0.520. The third-order valence-electron chi connectivity index (χ3n) is 3.45. The van der Waals surface area contributed by atoms with Gasteiger partial charge in [0, 0.05) is 19.1 Å². The number of aliphatic hydroxyl groups is 1. The molecule has 1 saturated carbocycles. The zero-order chi connectivity index (χ0) is 12.2. The molecular weight excluding hydrogens is 198 g/mol. The van der Waals surface area contributed by atoms with Crippen LogP contribution in [0, 0.1) is 5.92 Å². The minimum atomic E-state index is -0.520. The van der Waals surface area contributed by atoms with Crippen molar-refractivity contribution in [3.8, 4) is 0 Å². The third kappa shape index (κ3) is 5.31. The molecule has 16 heavy (non-hydrogen) atoms. The van der Waals surface area contributed by atoms with Gasteiger partial charge in [-0.15, -0.1) is 0 Å². The van der Waals surface area contributed by atoms with E-state index in [0.717, 1.165) is 24.9 Å². The lowest BCUT2D eigenvalue weighted by Crippen LogP contribution is -2.39. The molecule has 0 aromatic rings. The van der Waals surface area contributed by atoms with Gasteiger partial charge in [-0.2, -0.15) is 0 Å². The maximum atomic E-state index is 9.82. The number of hydrogen-bond acceptors (Lipinski definition) is 2. The van der Waals surface area contributed by atoms with Crippen LogP contribution in [0.2, 0.25) is 0 Å². The fraction of sp³-hybridized carbons (Fsp3) is 1.00. The quantitative estimate of drug-likeness (QED) is 0.754. The van der Waals surface area contributed by atoms with E-state index in [1.54, 1.807) is 0 Å². The van der Waals surface area contributed by atoms with Crippen LogP contribution in [-0.4, -0.2) is 34.7 Å². The Labute approximate surface area is 101 Å². The molecule has 0 aromatic carbocycles. The number of nitrogens with zero attached hydrogens (tertiary/aromatic N) is 1. The zero-order valence-corrected chi connectivity index (χ0v) is 11.5. The summed E-state index contributed by atoms with van der Waals surface area (Å²) < 4.78 is 0. The van der Waals surface area contributed by atoms with Gasteiger partial charge in [0.15, 0.2) is 0 Å². The first-order valence-electron chi connectivity index (χ1n) is 6.85. The molecule has 0 aliphatic heterocycles. The topological polar surface area (TPSA) is 23.5 Å². The molecule has 2 nitrogen and oxygen atoms in total. The second kappa shape index (κ2) is 6.02. The van der Waals surface area contributed by atoms with Gasteiger partial charge in [0.2, 0.25) is 0 Å². The first-order valence-corrected chi connectivity index (χ1v) is 6.85. The van der Waals surface area contributed by atoms with Gasteiger partial charge in [0.1, 0.15) is 0 Å². The highest BCUT2D eigenvalue weighted by atomic mass is 16.3. The molecule has 0 radical (unpaired) electrons. The summed E-state index contributed by atoms with van der Waals surface area (Å²) in [5, 5.41) is 9.82. The Morgan fingerprint density at radius 2 is 1.81 bits per heavy atom. The van der Waals surface area contributed by atoms with Crippen LogP contribution in [-0.2, 0) is 0 Å². The zero-order valence-electron chi connectivity index (χ0n) is 11.5. The van der Waals surface area contributed by atoms with E-state index in [-0.39, 0.29) is 0 Å². The van der Waals surface area contributed by atoms with Gasteiger partial charge in [-0.05, 0) is 39.0 Å². The molecule has 1 aliphatic carbocycles. The van der Waals surface area contributed by atoms with Crippen LogP contribution in [0.3, 0.4) is 0 Å². The average Bonchev–Trinajstić information content (AvgIpc) is 2.62. The fourth-order valence-corrected chi connectivity index (χ4v) is 2.58. The van der Waals surface area contributed by atoms with E-state index in [9.17, 15) is 5.11 Å². The van der Waals surface area contributed by atoms with Crippen LogP contribution in [0.25, 0.3) is 0 Å². The standard InChI is InChI=1S/C14H29NO/c1-12(2)11-15(10-9-14(3,4)16)13-7-5-6-8-13/h12-13,16H,5-11H2,1-4H3. The molecular formula is C14H29NO. The van der Waals surface area contributed by atoms with Gasteiger partial charge in [0.25, 0.3) is 0 Å². The van der Waals surface area contributed by atoms with E-state index in [4.69, 9.17) is 0 Å².